The highest BCUT2D eigenvalue weighted by molar-refractivity contribution is 6.79. The monoisotopic (exact) mass is 1040 g/mol. The molecular weight excluding hydrogens is 975 g/mol. The number of likely N-dealkylation sites (tertiary alicyclic amines) is 1. The normalized spacial score (nSPS) is 19.6. The number of benzene rings is 4. The van der Waals surface area contributed by atoms with Gasteiger partial charge in [-0.15, -0.1) is 0 Å². The molecule has 2 aliphatic heterocycles. The van der Waals surface area contributed by atoms with E-state index in [1.807, 2.05) is 48.5 Å². The molecule has 0 unspecified atom stereocenters. The number of hydrogen-bond acceptors (Lipinski definition) is 11. The van der Waals surface area contributed by atoms with Crippen molar-refractivity contribution in [3.63, 3.8) is 0 Å². The Balaban J connectivity index is 1.00. The van der Waals surface area contributed by atoms with Crippen molar-refractivity contribution in [2.24, 2.45) is 0 Å². The first-order valence-electron chi connectivity index (χ1n) is 25.4. The lowest BCUT2D eigenvalue weighted by Gasteiger charge is -2.33. The third kappa shape index (κ3) is 14.2. The maximum atomic E-state index is 14.9. The second-order valence-electron chi connectivity index (χ2n) is 21.4. The van der Waals surface area contributed by atoms with E-state index in [2.05, 4.69) is 40.4 Å². The smallest absolute Gasteiger partial charge is 0.410 e. The van der Waals surface area contributed by atoms with Gasteiger partial charge in [0.2, 0.25) is 17.7 Å². The predicted octanol–water partition coefficient (Wildman–Crippen LogP) is 6.56. The molecule has 398 valence electrons. The summed E-state index contributed by atoms with van der Waals surface area (Å²) in [4.78, 5) is 113. The van der Waals surface area contributed by atoms with E-state index < -0.39 is 85.7 Å². The van der Waals surface area contributed by atoms with Crippen LogP contribution in [0.3, 0.4) is 0 Å². The number of amides is 7. The van der Waals surface area contributed by atoms with E-state index >= 15 is 0 Å². The Morgan fingerprint density at radius 2 is 1.44 bits per heavy atom. The number of methoxy groups -OCH3 is 1. The van der Waals surface area contributed by atoms with E-state index in [0.717, 1.165) is 30.4 Å². The van der Waals surface area contributed by atoms with Crippen LogP contribution in [0, 0.1) is 0 Å². The van der Waals surface area contributed by atoms with Crippen molar-refractivity contribution in [2.75, 3.05) is 32.2 Å². The molecule has 1 aliphatic carbocycles. The predicted molar refractivity (Wildman–Crippen MR) is 283 cm³/mol. The fourth-order valence-corrected chi connectivity index (χ4v) is 12.7. The van der Waals surface area contributed by atoms with E-state index in [1.165, 1.54) is 53.8 Å². The summed E-state index contributed by atoms with van der Waals surface area (Å²) in [6, 6.07) is 26.0. The molecule has 2 heterocycles. The summed E-state index contributed by atoms with van der Waals surface area (Å²) in [6.07, 6.45) is 1.80. The van der Waals surface area contributed by atoms with Crippen LogP contribution in [0.1, 0.15) is 96.0 Å². The van der Waals surface area contributed by atoms with Gasteiger partial charge in [0, 0.05) is 55.5 Å². The summed E-state index contributed by atoms with van der Waals surface area (Å²) < 4.78 is 15.9. The Morgan fingerprint density at radius 1 is 0.787 bits per heavy atom. The Morgan fingerprint density at radius 3 is 2.11 bits per heavy atom. The molecule has 3 aliphatic rings. The minimum atomic E-state index is -2.10. The maximum Gasteiger partial charge on any atom is 0.410 e. The first kappa shape index (κ1) is 55.2. The number of carbonyl (C=O) groups is 8. The van der Waals surface area contributed by atoms with Crippen molar-refractivity contribution >= 4 is 61.5 Å². The standard InChI is InChI=1S/C56H69N7O11Si/c1-35(61(5)54(70)74-56(2,3)4)48(64)60-45(52(68)63-34-75(7,8)33-47(63)51(67)59-44-20-14-18-38-17-12-13-19-43(38)44)29-36-21-27-41(28-22-36)57-49(65)39-23-25-40(26-24-39)50(66)58-42-30-46(53(69)72-6)62(31-42)55(71)73-32-37-15-10-9-11-16-37/h9-13,15-17,19,21-28,35,42,44-47H,14,18,20,29-34H2,1-8H3,(H,57,65)(H,58,66)(H,59,67)(H,60,64)/t35-,42-,44+,45-,46-,47-/m0/s1. The summed E-state index contributed by atoms with van der Waals surface area (Å²) in [7, 11) is 0.576. The van der Waals surface area contributed by atoms with Crippen LogP contribution in [0.2, 0.25) is 19.1 Å². The number of esters is 1. The van der Waals surface area contributed by atoms with Gasteiger partial charge in [-0.25, -0.2) is 14.4 Å². The van der Waals surface area contributed by atoms with E-state index in [9.17, 15) is 38.4 Å². The summed E-state index contributed by atoms with van der Waals surface area (Å²) in [5.74, 6) is -2.78. The average Bonchev–Trinajstić information content (AvgIpc) is 3.97. The van der Waals surface area contributed by atoms with Gasteiger partial charge in [0.15, 0.2) is 0 Å². The highest BCUT2D eigenvalue weighted by atomic mass is 28.3. The molecule has 7 rings (SSSR count). The number of hydrogen-bond donors (Lipinski definition) is 4. The lowest BCUT2D eigenvalue weighted by molar-refractivity contribution is -0.145. The molecular formula is C56H69N7O11Si. The van der Waals surface area contributed by atoms with Crippen LogP contribution < -0.4 is 21.3 Å². The number of carbonyl (C=O) groups excluding carboxylic acids is 8. The fourth-order valence-electron chi connectivity index (χ4n) is 9.78. The SMILES string of the molecule is COC(=O)[C@@H]1C[C@H](NC(=O)c2ccc(C(=O)Nc3ccc(C[C@H](NC(=O)[C@H](C)N(C)C(=O)OC(C)(C)C)C(=O)N4C[Si](C)(C)C[C@H]4C(=O)N[C@@H]4CCCc5ccccc54)cc3)cc2)CN1C(=O)OCc1ccccc1. The number of likely N-dealkylation sites (N-methyl/N-ethyl adjacent to an activating group) is 1. The van der Waals surface area contributed by atoms with Gasteiger partial charge in [-0.2, -0.15) is 0 Å². The number of nitrogens with zero attached hydrogens (tertiary/aromatic N) is 3. The molecule has 4 aromatic rings. The molecule has 6 atom stereocenters. The summed E-state index contributed by atoms with van der Waals surface area (Å²) in [6.45, 7) is 11.0. The van der Waals surface area contributed by atoms with E-state index in [1.54, 1.807) is 56.9 Å². The third-order valence-electron chi connectivity index (χ3n) is 13.9. The fraction of sp³-hybridized carbons (Fsp3) is 0.429. The van der Waals surface area contributed by atoms with Gasteiger partial charge >= 0.3 is 18.2 Å². The number of aryl methyl sites for hydroxylation is 1. The van der Waals surface area contributed by atoms with Crippen LogP contribution in [0.4, 0.5) is 15.3 Å². The lowest BCUT2D eigenvalue weighted by atomic mass is 9.87. The minimum Gasteiger partial charge on any atom is -0.467 e. The first-order chi connectivity index (χ1) is 35.6. The topological polar surface area (TPSA) is 222 Å². The zero-order valence-corrected chi connectivity index (χ0v) is 45.0. The largest absolute Gasteiger partial charge is 0.467 e. The number of anilines is 1. The maximum absolute atomic E-state index is 14.9. The highest BCUT2D eigenvalue weighted by Crippen LogP contribution is 2.33. The number of ether oxygens (including phenoxy) is 3. The molecule has 0 aromatic heterocycles. The molecule has 18 nitrogen and oxygen atoms in total. The van der Waals surface area contributed by atoms with Crippen LogP contribution in [0.15, 0.2) is 103 Å². The Bertz CT molecular complexity index is 2750. The van der Waals surface area contributed by atoms with Gasteiger partial charge in [0.1, 0.15) is 36.4 Å². The van der Waals surface area contributed by atoms with Crippen molar-refractivity contribution in [1.82, 2.24) is 30.7 Å². The van der Waals surface area contributed by atoms with Crippen molar-refractivity contribution in [2.45, 2.75) is 127 Å². The highest BCUT2D eigenvalue weighted by Gasteiger charge is 2.47. The molecule has 19 heteroatoms. The minimum absolute atomic E-state index is 0.00816. The Kier molecular flexibility index (Phi) is 17.5. The zero-order chi connectivity index (χ0) is 54.2. The van der Waals surface area contributed by atoms with Crippen LogP contribution in [-0.4, -0.2) is 133 Å². The van der Waals surface area contributed by atoms with Crippen LogP contribution in [-0.2, 0) is 52.8 Å². The van der Waals surface area contributed by atoms with Crippen molar-refractivity contribution in [1.29, 1.82) is 0 Å². The summed E-state index contributed by atoms with van der Waals surface area (Å²) in [5, 5.41) is 11.9. The Hall–Kier alpha value is -7.54. The van der Waals surface area contributed by atoms with Crippen molar-refractivity contribution < 1.29 is 52.6 Å². The molecule has 75 heavy (non-hydrogen) atoms. The molecule has 2 fully saturated rings. The Labute approximate surface area is 439 Å². The third-order valence-corrected chi connectivity index (χ3v) is 16.5. The molecule has 2 saturated heterocycles. The van der Waals surface area contributed by atoms with Gasteiger partial charge in [0.05, 0.1) is 21.2 Å². The summed E-state index contributed by atoms with van der Waals surface area (Å²) >= 11 is 0. The molecule has 4 aromatic carbocycles. The van der Waals surface area contributed by atoms with Crippen LogP contribution in [0.5, 0.6) is 0 Å². The molecule has 0 bridgehead atoms. The molecule has 0 spiro atoms. The number of rotatable bonds is 15. The molecule has 0 saturated carbocycles. The molecule has 7 amide bonds. The number of nitrogens with one attached hydrogen (secondary N) is 4. The second kappa shape index (κ2) is 23.8. The van der Waals surface area contributed by atoms with Crippen LogP contribution in [0.25, 0.3) is 0 Å². The lowest BCUT2D eigenvalue weighted by Crippen LogP contribution is -2.57. The molecule has 0 radical (unpaired) electrons. The molecule has 4 N–H and O–H groups in total. The van der Waals surface area contributed by atoms with Crippen LogP contribution >= 0.6 is 0 Å². The van der Waals surface area contributed by atoms with Gasteiger partial charge in [0.25, 0.3) is 11.8 Å². The van der Waals surface area contributed by atoms with Crippen molar-refractivity contribution in [3.05, 3.63) is 137 Å². The zero-order valence-electron chi connectivity index (χ0n) is 44.0. The van der Waals surface area contributed by atoms with Gasteiger partial charge in [-0.1, -0.05) is 79.8 Å². The average molecular weight is 1040 g/mol. The van der Waals surface area contributed by atoms with E-state index in [4.69, 9.17) is 14.2 Å². The van der Waals surface area contributed by atoms with E-state index in [-0.39, 0.29) is 49.1 Å². The van der Waals surface area contributed by atoms with Gasteiger partial charge in [-0.05, 0) is 112 Å². The van der Waals surface area contributed by atoms with Crippen molar-refractivity contribution in [3.8, 4) is 0 Å². The van der Waals surface area contributed by atoms with Gasteiger partial charge in [-0.3, -0.25) is 33.8 Å². The quantitative estimate of drug-likeness (QED) is 0.0568. The van der Waals surface area contributed by atoms with Gasteiger partial charge < -0.3 is 40.4 Å². The second-order valence-corrected chi connectivity index (χ2v) is 26.5. The summed E-state index contributed by atoms with van der Waals surface area (Å²) in [5.41, 5.74) is 3.86. The first-order valence-corrected chi connectivity index (χ1v) is 28.8. The number of fused-ring (bicyclic) bond motifs is 1. The van der Waals surface area contributed by atoms with E-state index in [0.29, 0.717) is 23.5 Å².